The molecule has 1 aliphatic carbocycles. The minimum Gasteiger partial charge on any atom is -0.391 e. The van der Waals surface area contributed by atoms with Gasteiger partial charge >= 0.3 is 0 Å². The van der Waals surface area contributed by atoms with E-state index >= 15 is 0 Å². The first kappa shape index (κ1) is 14.3. The molecule has 1 fully saturated rings. The van der Waals surface area contributed by atoms with E-state index in [0.29, 0.717) is 12.5 Å². The lowest BCUT2D eigenvalue weighted by atomic mass is 9.95. The summed E-state index contributed by atoms with van der Waals surface area (Å²) in [6, 6.07) is 21.3. The summed E-state index contributed by atoms with van der Waals surface area (Å²) in [5.74, 6) is 0. The second kappa shape index (κ2) is 6.42. The van der Waals surface area contributed by atoms with Crippen LogP contribution in [0.4, 0.5) is 0 Å². The zero-order valence-electron chi connectivity index (χ0n) is 12.5. The topological polar surface area (TPSA) is 23.5 Å². The van der Waals surface area contributed by atoms with E-state index in [1.165, 1.54) is 24.0 Å². The highest BCUT2D eigenvalue weighted by Crippen LogP contribution is 2.35. The van der Waals surface area contributed by atoms with Gasteiger partial charge in [-0.25, -0.2) is 0 Å². The van der Waals surface area contributed by atoms with Gasteiger partial charge in [0.2, 0.25) is 0 Å². The predicted molar refractivity (Wildman–Crippen MR) is 86.1 cm³/mol. The summed E-state index contributed by atoms with van der Waals surface area (Å²) >= 11 is 0. The first-order chi connectivity index (χ1) is 10.3. The van der Waals surface area contributed by atoms with E-state index in [4.69, 9.17) is 0 Å². The van der Waals surface area contributed by atoms with Gasteiger partial charge in [-0.1, -0.05) is 60.7 Å². The van der Waals surface area contributed by atoms with Gasteiger partial charge in [-0.3, -0.25) is 4.90 Å². The fourth-order valence-electron chi connectivity index (χ4n) is 3.06. The average Bonchev–Trinajstić information content (AvgIpc) is 3.34. The van der Waals surface area contributed by atoms with Crippen LogP contribution in [0.1, 0.15) is 30.0 Å². The van der Waals surface area contributed by atoms with Crippen LogP contribution in [0.15, 0.2) is 60.7 Å². The van der Waals surface area contributed by atoms with E-state index in [2.05, 4.69) is 48.3 Å². The van der Waals surface area contributed by atoms with Gasteiger partial charge in [0, 0.05) is 12.5 Å². The first-order valence-electron chi connectivity index (χ1n) is 7.74. The molecular formula is C19H23NO. The van der Waals surface area contributed by atoms with Crippen LogP contribution in [0.5, 0.6) is 0 Å². The van der Waals surface area contributed by atoms with Crippen molar-refractivity contribution < 1.29 is 5.11 Å². The minimum absolute atomic E-state index is 0.0684. The quantitative estimate of drug-likeness (QED) is 0.877. The van der Waals surface area contributed by atoms with Gasteiger partial charge in [0.15, 0.2) is 0 Å². The third kappa shape index (κ3) is 3.52. The molecule has 2 unspecified atom stereocenters. The van der Waals surface area contributed by atoms with Gasteiger partial charge in [-0.05, 0) is 31.0 Å². The lowest BCUT2D eigenvalue weighted by Gasteiger charge is -2.32. The zero-order chi connectivity index (χ0) is 14.7. The Hall–Kier alpha value is -1.64. The molecule has 2 nitrogen and oxygen atoms in total. The highest BCUT2D eigenvalue weighted by atomic mass is 16.3. The number of aliphatic hydroxyl groups is 1. The van der Waals surface area contributed by atoms with Crippen molar-refractivity contribution in [3.63, 3.8) is 0 Å². The normalized spacial score (nSPS) is 17.7. The van der Waals surface area contributed by atoms with Crippen LogP contribution < -0.4 is 0 Å². The summed E-state index contributed by atoms with van der Waals surface area (Å²) in [5, 5.41) is 10.8. The maximum Gasteiger partial charge on any atom is 0.0777 e. The third-order valence-corrected chi connectivity index (χ3v) is 4.35. The Morgan fingerprint density at radius 2 is 1.57 bits per heavy atom. The molecule has 0 aromatic heterocycles. The van der Waals surface area contributed by atoms with Crippen molar-refractivity contribution in [2.75, 3.05) is 7.05 Å². The van der Waals surface area contributed by atoms with Crippen LogP contribution in [-0.2, 0) is 6.42 Å². The number of aliphatic hydroxyl groups excluding tert-OH is 1. The summed E-state index contributed by atoms with van der Waals surface area (Å²) in [6.45, 7) is 0. The van der Waals surface area contributed by atoms with Crippen LogP contribution in [-0.4, -0.2) is 29.2 Å². The maximum absolute atomic E-state index is 10.8. The number of nitrogens with zero attached hydrogens (tertiary/aromatic N) is 1. The number of likely N-dealkylation sites (N-methyl/N-ethyl adjacent to an activating group) is 1. The fraction of sp³-hybridized carbons (Fsp3) is 0.368. The largest absolute Gasteiger partial charge is 0.391 e. The number of hydrogen-bond acceptors (Lipinski definition) is 2. The van der Waals surface area contributed by atoms with Crippen LogP contribution in [0.25, 0.3) is 0 Å². The van der Waals surface area contributed by atoms with Crippen molar-refractivity contribution in [2.24, 2.45) is 0 Å². The molecule has 0 spiro atoms. The molecule has 2 aromatic rings. The second-order valence-corrected chi connectivity index (χ2v) is 6.01. The van der Waals surface area contributed by atoms with Crippen LogP contribution in [0.3, 0.4) is 0 Å². The zero-order valence-corrected chi connectivity index (χ0v) is 12.5. The molecule has 21 heavy (non-hydrogen) atoms. The van der Waals surface area contributed by atoms with Gasteiger partial charge in [0.1, 0.15) is 0 Å². The number of benzene rings is 2. The molecule has 3 rings (SSSR count). The number of rotatable bonds is 6. The highest BCUT2D eigenvalue weighted by Gasteiger charge is 2.35. The summed E-state index contributed by atoms with van der Waals surface area (Å²) < 4.78 is 0. The van der Waals surface area contributed by atoms with E-state index in [0.717, 1.165) is 0 Å². The third-order valence-electron chi connectivity index (χ3n) is 4.35. The van der Waals surface area contributed by atoms with E-state index in [1.807, 2.05) is 24.3 Å². The van der Waals surface area contributed by atoms with Crippen molar-refractivity contribution in [3.8, 4) is 0 Å². The lowest BCUT2D eigenvalue weighted by Crippen LogP contribution is -2.36. The molecule has 0 radical (unpaired) electrons. The van der Waals surface area contributed by atoms with Gasteiger partial charge < -0.3 is 5.11 Å². The standard InChI is InChI=1S/C19H23NO/c1-20(17-12-13-17)19(16-10-6-3-7-11-16)18(21)14-15-8-4-2-5-9-15/h2-11,17-19,21H,12-14H2,1H3. The molecule has 2 heteroatoms. The van der Waals surface area contributed by atoms with Crippen LogP contribution in [0.2, 0.25) is 0 Å². The molecule has 1 aliphatic rings. The minimum atomic E-state index is -0.389. The Bertz CT molecular complexity index is 550. The molecule has 0 aliphatic heterocycles. The lowest BCUT2D eigenvalue weighted by molar-refractivity contribution is 0.0585. The summed E-state index contributed by atoms with van der Waals surface area (Å²) in [6.07, 6.45) is 2.80. The molecule has 2 atom stereocenters. The molecule has 0 bridgehead atoms. The van der Waals surface area contributed by atoms with Crippen molar-refractivity contribution in [3.05, 3.63) is 71.8 Å². The Morgan fingerprint density at radius 1 is 1.00 bits per heavy atom. The Kier molecular flexibility index (Phi) is 4.37. The molecule has 0 amide bonds. The predicted octanol–water partition coefficient (Wildman–Crippen LogP) is 3.43. The van der Waals surface area contributed by atoms with Crippen LogP contribution >= 0.6 is 0 Å². The molecule has 110 valence electrons. The summed E-state index contributed by atoms with van der Waals surface area (Å²) in [5.41, 5.74) is 2.39. The smallest absolute Gasteiger partial charge is 0.0777 e. The molecule has 1 N–H and O–H groups in total. The molecular weight excluding hydrogens is 258 g/mol. The Labute approximate surface area is 127 Å². The van der Waals surface area contributed by atoms with Crippen LogP contribution in [0, 0.1) is 0 Å². The molecule has 2 aromatic carbocycles. The van der Waals surface area contributed by atoms with Gasteiger partial charge in [-0.2, -0.15) is 0 Å². The first-order valence-corrected chi connectivity index (χ1v) is 7.74. The molecule has 1 saturated carbocycles. The van der Waals surface area contributed by atoms with Gasteiger partial charge in [0.05, 0.1) is 12.1 Å². The van der Waals surface area contributed by atoms with Crippen molar-refractivity contribution >= 4 is 0 Å². The maximum atomic E-state index is 10.8. The van der Waals surface area contributed by atoms with Gasteiger partial charge in [0.25, 0.3) is 0 Å². The van der Waals surface area contributed by atoms with Crippen molar-refractivity contribution in [2.45, 2.75) is 37.5 Å². The fourth-order valence-corrected chi connectivity index (χ4v) is 3.06. The van der Waals surface area contributed by atoms with E-state index < -0.39 is 0 Å². The van der Waals surface area contributed by atoms with Crippen molar-refractivity contribution in [1.29, 1.82) is 0 Å². The highest BCUT2D eigenvalue weighted by molar-refractivity contribution is 5.23. The monoisotopic (exact) mass is 281 g/mol. The second-order valence-electron chi connectivity index (χ2n) is 6.01. The average molecular weight is 281 g/mol. The molecule has 0 heterocycles. The van der Waals surface area contributed by atoms with E-state index in [1.54, 1.807) is 0 Å². The SMILES string of the molecule is CN(C1CC1)C(c1ccccc1)C(O)Cc1ccccc1. The summed E-state index contributed by atoms with van der Waals surface area (Å²) in [4.78, 5) is 2.35. The van der Waals surface area contributed by atoms with E-state index in [9.17, 15) is 5.11 Å². The molecule has 0 saturated heterocycles. The Balaban J connectivity index is 1.81. The van der Waals surface area contributed by atoms with E-state index in [-0.39, 0.29) is 12.1 Å². The van der Waals surface area contributed by atoms with Crippen molar-refractivity contribution in [1.82, 2.24) is 4.90 Å². The summed E-state index contributed by atoms with van der Waals surface area (Å²) in [7, 11) is 2.14. The van der Waals surface area contributed by atoms with Gasteiger partial charge in [-0.15, -0.1) is 0 Å². The Morgan fingerprint density at radius 3 is 2.14 bits per heavy atom. The number of hydrogen-bond donors (Lipinski definition) is 1.